The fourth-order valence-corrected chi connectivity index (χ4v) is 2.49. The number of benzene rings is 1. The Morgan fingerprint density at radius 2 is 1.84 bits per heavy atom. The first-order chi connectivity index (χ1) is 8.95. The standard InChI is InChI=1S/C15H20N2O2/c1-4-17-12(10-11-8-6-5-7-9-11)13(18)16-15(2,3)14(17)19/h5-9,12H,4,10H2,1-3H3,(H,16,18). The van der Waals surface area contributed by atoms with E-state index in [1.807, 2.05) is 37.3 Å². The van der Waals surface area contributed by atoms with Gasteiger partial charge in [-0.15, -0.1) is 0 Å². The summed E-state index contributed by atoms with van der Waals surface area (Å²) in [5, 5.41) is 2.81. The van der Waals surface area contributed by atoms with Gasteiger partial charge in [0, 0.05) is 13.0 Å². The summed E-state index contributed by atoms with van der Waals surface area (Å²) in [6.07, 6.45) is 0.558. The van der Waals surface area contributed by atoms with E-state index in [1.54, 1.807) is 18.7 Å². The van der Waals surface area contributed by atoms with Gasteiger partial charge >= 0.3 is 0 Å². The van der Waals surface area contributed by atoms with Crippen LogP contribution in [0.25, 0.3) is 0 Å². The van der Waals surface area contributed by atoms with Gasteiger partial charge in [0.05, 0.1) is 0 Å². The Morgan fingerprint density at radius 3 is 2.42 bits per heavy atom. The van der Waals surface area contributed by atoms with Gasteiger partial charge in [0.25, 0.3) is 0 Å². The van der Waals surface area contributed by atoms with Gasteiger partial charge in [-0.25, -0.2) is 0 Å². The van der Waals surface area contributed by atoms with E-state index in [0.29, 0.717) is 13.0 Å². The predicted molar refractivity (Wildman–Crippen MR) is 73.5 cm³/mol. The van der Waals surface area contributed by atoms with Crippen LogP contribution in [0.2, 0.25) is 0 Å². The highest BCUT2D eigenvalue weighted by atomic mass is 16.2. The summed E-state index contributed by atoms with van der Waals surface area (Å²) in [6.45, 7) is 5.95. The van der Waals surface area contributed by atoms with Crippen LogP contribution in [-0.4, -0.2) is 34.8 Å². The van der Waals surface area contributed by atoms with E-state index in [2.05, 4.69) is 5.32 Å². The van der Waals surface area contributed by atoms with Gasteiger partial charge in [0.2, 0.25) is 11.8 Å². The summed E-state index contributed by atoms with van der Waals surface area (Å²) >= 11 is 0. The molecule has 0 radical (unpaired) electrons. The Balaban J connectivity index is 2.24. The summed E-state index contributed by atoms with van der Waals surface area (Å²) < 4.78 is 0. The first-order valence-electron chi connectivity index (χ1n) is 6.62. The summed E-state index contributed by atoms with van der Waals surface area (Å²) in [5.74, 6) is -0.0918. The number of rotatable bonds is 3. The fraction of sp³-hybridized carbons (Fsp3) is 0.467. The number of hydrogen-bond acceptors (Lipinski definition) is 2. The molecule has 4 heteroatoms. The van der Waals surface area contributed by atoms with Crippen LogP contribution in [0.15, 0.2) is 30.3 Å². The number of amides is 2. The second kappa shape index (κ2) is 5.03. The van der Waals surface area contributed by atoms with Crippen molar-refractivity contribution in [3.63, 3.8) is 0 Å². The third-order valence-electron chi connectivity index (χ3n) is 3.52. The SMILES string of the molecule is CCN1C(=O)C(C)(C)NC(=O)C1Cc1ccccc1. The minimum Gasteiger partial charge on any atom is -0.340 e. The van der Waals surface area contributed by atoms with Gasteiger partial charge in [0.1, 0.15) is 11.6 Å². The first kappa shape index (κ1) is 13.6. The quantitative estimate of drug-likeness (QED) is 0.892. The zero-order valence-electron chi connectivity index (χ0n) is 11.6. The molecule has 102 valence electrons. The summed E-state index contributed by atoms with van der Waals surface area (Å²) in [4.78, 5) is 26.2. The molecule has 1 aromatic carbocycles. The molecule has 1 aromatic rings. The Morgan fingerprint density at radius 1 is 1.21 bits per heavy atom. The Labute approximate surface area is 113 Å². The van der Waals surface area contributed by atoms with Crippen LogP contribution in [-0.2, 0) is 16.0 Å². The van der Waals surface area contributed by atoms with E-state index >= 15 is 0 Å². The molecule has 1 aliphatic heterocycles. The monoisotopic (exact) mass is 260 g/mol. The molecule has 2 rings (SSSR count). The molecule has 1 heterocycles. The van der Waals surface area contributed by atoms with Gasteiger partial charge in [-0.2, -0.15) is 0 Å². The van der Waals surface area contributed by atoms with Crippen molar-refractivity contribution in [1.29, 1.82) is 0 Å². The molecule has 1 N–H and O–H groups in total. The number of nitrogens with one attached hydrogen (secondary N) is 1. The maximum Gasteiger partial charge on any atom is 0.248 e. The Bertz CT molecular complexity index is 482. The van der Waals surface area contributed by atoms with Gasteiger partial charge in [-0.1, -0.05) is 30.3 Å². The van der Waals surface area contributed by atoms with E-state index in [0.717, 1.165) is 5.56 Å². The lowest BCUT2D eigenvalue weighted by Crippen LogP contribution is -2.68. The molecule has 1 aliphatic rings. The lowest BCUT2D eigenvalue weighted by molar-refractivity contribution is -0.153. The van der Waals surface area contributed by atoms with Crippen LogP contribution in [0.5, 0.6) is 0 Å². The van der Waals surface area contributed by atoms with Crippen molar-refractivity contribution >= 4 is 11.8 Å². The topological polar surface area (TPSA) is 49.4 Å². The number of hydrogen-bond donors (Lipinski definition) is 1. The second-order valence-electron chi connectivity index (χ2n) is 5.41. The average Bonchev–Trinajstić information content (AvgIpc) is 2.37. The van der Waals surface area contributed by atoms with E-state index in [-0.39, 0.29) is 11.8 Å². The predicted octanol–water partition coefficient (Wildman–Crippen LogP) is 1.35. The molecular weight excluding hydrogens is 240 g/mol. The fourth-order valence-electron chi connectivity index (χ4n) is 2.49. The van der Waals surface area contributed by atoms with Crippen LogP contribution in [0.4, 0.5) is 0 Å². The zero-order chi connectivity index (χ0) is 14.0. The molecular formula is C15H20N2O2. The summed E-state index contributed by atoms with van der Waals surface area (Å²) in [7, 11) is 0. The molecule has 0 aliphatic carbocycles. The van der Waals surface area contributed by atoms with Crippen molar-refractivity contribution in [2.75, 3.05) is 6.54 Å². The van der Waals surface area contributed by atoms with Crippen molar-refractivity contribution < 1.29 is 9.59 Å². The van der Waals surface area contributed by atoms with E-state index in [4.69, 9.17) is 0 Å². The van der Waals surface area contributed by atoms with Crippen LogP contribution >= 0.6 is 0 Å². The number of carbonyl (C=O) groups is 2. The van der Waals surface area contributed by atoms with Crippen molar-refractivity contribution in [2.24, 2.45) is 0 Å². The van der Waals surface area contributed by atoms with Gasteiger partial charge in [-0.05, 0) is 26.3 Å². The normalized spacial score (nSPS) is 22.3. The highest BCUT2D eigenvalue weighted by Crippen LogP contribution is 2.20. The number of nitrogens with zero attached hydrogens (tertiary/aromatic N) is 1. The van der Waals surface area contributed by atoms with Crippen LogP contribution in [0.3, 0.4) is 0 Å². The molecule has 1 saturated heterocycles. The van der Waals surface area contributed by atoms with Crippen molar-refractivity contribution in [3.8, 4) is 0 Å². The van der Waals surface area contributed by atoms with Gasteiger partial charge in [0.15, 0.2) is 0 Å². The average molecular weight is 260 g/mol. The van der Waals surface area contributed by atoms with E-state index in [9.17, 15) is 9.59 Å². The third-order valence-corrected chi connectivity index (χ3v) is 3.52. The third kappa shape index (κ3) is 2.62. The Hall–Kier alpha value is -1.84. The van der Waals surface area contributed by atoms with E-state index < -0.39 is 11.6 Å². The number of carbonyl (C=O) groups excluding carboxylic acids is 2. The minimum atomic E-state index is -0.805. The molecule has 1 unspecified atom stereocenters. The van der Waals surface area contributed by atoms with Crippen molar-refractivity contribution in [2.45, 2.75) is 38.8 Å². The van der Waals surface area contributed by atoms with E-state index in [1.165, 1.54) is 0 Å². The second-order valence-corrected chi connectivity index (χ2v) is 5.41. The smallest absolute Gasteiger partial charge is 0.248 e. The molecule has 0 aromatic heterocycles. The van der Waals surface area contributed by atoms with Crippen molar-refractivity contribution in [3.05, 3.63) is 35.9 Å². The first-order valence-corrected chi connectivity index (χ1v) is 6.62. The lowest BCUT2D eigenvalue weighted by atomic mass is 9.93. The maximum atomic E-state index is 12.3. The molecule has 1 fully saturated rings. The number of likely N-dealkylation sites (N-methyl/N-ethyl adjacent to an activating group) is 1. The molecule has 1 atom stereocenters. The lowest BCUT2D eigenvalue weighted by Gasteiger charge is -2.42. The molecule has 2 amide bonds. The molecule has 4 nitrogen and oxygen atoms in total. The summed E-state index contributed by atoms with van der Waals surface area (Å²) in [6, 6.07) is 9.37. The number of piperazine rings is 1. The van der Waals surface area contributed by atoms with Crippen LogP contribution in [0, 0.1) is 0 Å². The Kier molecular flexibility index (Phi) is 3.60. The minimum absolute atomic E-state index is 0.0180. The van der Waals surface area contributed by atoms with Crippen molar-refractivity contribution in [1.82, 2.24) is 10.2 Å². The van der Waals surface area contributed by atoms with Gasteiger partial charge in [-0.3, -0.25) is 9.59 Å². The molecule has 0 saturated carbocycles. The van der Waals surface area contributed by atoms with Gasteiger partial charge < -0.3 is 10.2 Å². The van der Waals surface area contributed by atoms with Crippen LogP contribution in [0.1, 0.15) is 26.3 Å². The summed E-state index contributed by atoms with van der Waals surface area (Å²) in [5.41, 5.74) is 0.258. The molecule has 19 heavy (non-hydrogen) atoms. The highest BCUT2D eigenvalue weighted by Gasteiger charge is 2.44. The highest BCUT2D eigenvalue weighted by molar-refractivity contribution is 5.99. The maximum absolute atomic E-state index is 12.3. The molecule has 0 spiro atoms. The molecule has 0 bridgehead atoms. The van der Waals surface area contributed by atoms with Crippen LogP contribution < -0.4 is 5.32 Å². The largest absolute Gasteiger partial charge is 0.340 e. The zero-order valence-corrected chi connectivity index (χ0v) is 11.6.